The van der Waals surface area contributed by atoms with Crippen molar-refractivity contribution in [3.63, 3.8) is 0 Å². The lowest BCUT2D eigenvalue weighted by Crippen LogP contribution is -2.07. The Morgan fingerprint density at radius 3 is 2.75 bits per heavy atom. The highest BCUT2D eigenvalue weighted by Crippen LogP contribution is 2.38. The summed E-state index contributed by atoms with van der Waals surface area (Å²) in [6, 6.07) is 9.97. The second-order valence-corrected chi connectivity index (χ2v) is 5.12. The number of nitrogens with zero attached hydrogens (tertiary/aromatic N) is 1. The van der Waals surface area contributed by atoms with Gasteiger partial charge in [-0.2, -0.15) is 0 Å². The van der Waals surface area contributed by atoms with E-state index in [9.17, 15) is 9.18 Å². The summed E-state index contributed by atoms with van der Waals surface area (Å²) < 4.78 is 25.0. The Morgan fingerprint density at radius 1 is 1.29 bits per heavy atom. The van der Waals surface area contributed by atoms with Crippen molar-refractivity contribution in [2.75, 3.05) is 12.4 Å². The van der Waals surface area contributed by atoms with Crippen molar-refractivity contribution in [3.8, 4) is 28.2 Å². The average molecular weight is 326 g/mol. The molecule has 122 valence electrons. The number of carbonyl (C=O) groups excluding carboxylic acids is 1. The fraction of sp³-hybridized carbons (Fsp3) is 0.111. The number of oxazole rings is 1. The molecule has 0 atom stereocenters. The van der Waals surface area contributed by atoms with Crippen LogP contribution in [0.3, 0.4) is 0 Å². The van der Waals surface area contributed by atoms with Crippen LogP contribution in [-0.2, 0) is 4.79 Å². The third-order valence-corrected chi connectivity index (χ3v) is 3.51. The topological polar surface area (TPSA) is 64.4 Å². The maximum atomic E-state index is 14.5. The van der Waals surface area contributed by atoms with Crippen LogP contribution >= 0.6 is 0 Å². The Morgan fingerprint density at radius 2 is 2.12 bits per heavy atom. The quantitative estimate of drug-likeness (QED) is 0.783. The van der Waals surface area contributed by atoms with Crippen LogP contribution in [0, 0.1) is 5.82 Å². The number of methoxy groups -OCH3 is 1. The van der Waals surface area contributed by atoms with Crippen LogP contribution in [0.25, 0.3) is 22.5 Å². The van der Waals surface area contributed by atoms with Crippen LogP contribution in [0.1, 0.15) is 6.92 Å². The van der Waals surface area contributed by atoms with Gasteiger partial charge in [-0.05, 0) is 29.8 Å². The molecular weight excluding hydrogens is 311 g/mol. The number of aromatic nitrogens is 1. The zero-order valence-corrected chi connectivity index (χ0v) is 13.2. The lowest BCUT2D eigenvalue weighted by atomic mass is 10.00. The number of hydrogen-bond acceptors (Lipinski definition) is 4. The second-order valence-electron chi connectivity index (χ2n) is 5.12. The minimum atomic E-state index is -0.455. The van der Waals surface area contributed by atoms with Gasteiger partial charge in [0.15, 0.2) is 12.2 Å². The van der Waals surface area contributed by atoms with E-state index < -0.39 is 5.82 Å². The molecule has 0 saturated heterocycles. The Labute approximate surface area is 138 Å². The van der Waals surface area contributed by atoms with Gasteiger partial charge in [0.25, 0.3) is 0 Å². The van der Waals surface area contributed by atoms with Gasteiger partial charge in [-0.3, -0.25) is 4.79 Å². The number of ether oxygens (including phenoxy) is 1. The van der Waals surface area contributed by atoms with E-state index in [-0.39, 0.29) is 5.91 Å². The van der Waals surface area contributed by atoms with Gasteiger partial charge in [0, 0.05) is 12.5 Å². The summed E-state index contributed by atoms with van der Waals surface area (Å²) >= 11 is 0. The largest absolute Gasteiger partial charge is 0.496 e. The first-order chi connectivity index (χ1) is 11.6. The number of benzene rings is 2. The summed E-state index contributed by atoms with van der Waals surface area (Å²) in [7, 11) is 1.52. The zero-order valence-electron chi connectivity index (χ0n) is 13.2. The molecule has 0 unspecified atom stereocenters. The minimum Gasteiger partial charge on any atom is -0.496 e. The Bertz CT molecular complexity index is 876. The fourth-order valence-corrected chi connectivity index (χ4v) is 2.51. The molecule has 6 heteroatoms. The highest BCUT2D eigenvalue weighted by molar-refractivity contribution is 5.96. The number of hydrogen-bond donors (Lipinski definition) is 1. The van der Waals surface area contributed by atoms with E-state index in [1.165, 1.54) is 32.7 Å². The smallest absolute Gasteiger partial charge is 0.221 e. The van der Waals surface area contributed by atoms with Crippen molar-refractivity contribution in [1.82, 2.24) is 4.98 Å². The monoisotopic (exact) mass is 326 g/mol. The molecule has 3 rings (SSSR count). The zero-order chi connectivity index (χ0) is 17.1. The second kappa shape index (κ2) is 6.54. The van der Waals surface area contributed by atoms with Gasteiger partial charge >= 0.3 is 0 Å². The van der Waals surface area contributed by atoms with Crippen LogP contribution in [0.15, 0.2) is 53.4 Å². The van der Waals surface area contributed by atoms with Crippen molar-refractivity contribution in [1.29, 1.82) is 0 Å². The maximum absolute atomic E-state index is 14.5. The van der Waals surface area contributed by atoms with Gasteiger partial charge in [-0.25, -0.2) is 9.37 Å². The molecule has 0 aliphatic heterocycles. The molecule has 1 heterocycles. The van der Waals surface area contributed by atoms with Gasteiger partial charge in [-0.15, -0.1) is 0 Å². The number of halogens is 1. The van der Waals surface area contributed by atoms with Gasteiger partial charge in [0.05, 0.1) is 24.6 Å². The van der Waals surface area contributed by atoms with E-state index in [0.717, 1.165) is 0 Å². The molecule has 0 saturated carbocycles. The molecule has 0 aliphatic carbocycles. The van der Waals surface area contributed by atoms with E-state index in [4.69, 9.17) is 9.15 Å². The Hall–Kier alpha value is -3.15. The number of nitrogens with one attached hydrogen (secondary N) is 1. The third-order valence-electron chi connectivity index (χ3n) is 3.51. The molecule has 0 spiro atoms. The lowest BCUT2D eigenvalue weighted by Gasteiger charge is -2.15. The molecule has 1 amide bonds. The SMILES string of the molecule is COc1cccc(NC(C)=O)c1-c1ccc(-c2cnco2)c(F)c1. The van der Waals surface area contributed by atoms with E-state index in [2.05, 4.69) is 10.3 Å². The number of anilines is 1. The molecular formula is C18H15FN2O3. The van der Waals surface area contributed by atoms with Crippen LogP contribution in [0.2, 0.25) is 0 Å². The molecule has 5 nitrogen and oxygen atoms in total. The molecule has 2 aromatic carbocycles. The fourth-order valence-electron chi connectivity index (χ4n) is 2.51. The summed E-state index contributed by atoms with van der Waals surface area (Å²) in [4.78, 5) is 15.2. The first kappa shape index (κ1) is 15.7. The molecule has 3 aromatic rings. The summed E-state index contributed by atoms with van der Waals surface area (Å²) in [5, 5.41) is 2.74. The van der Waals surface area contributed by atoms with Crippen molar-refractivity contribution >= 4 is 11.6 Å². The average Bonchev–Trinajstić information content (AvgIpc) is 3.08. The maximum Gasteiger partial charge on any atom is 0.221 e. The summed E-state index contributed by atoms with van der Waals surface area (Å²) in [5.41, 5.74) is 2.05. The summed E-state index contributed by atoms with van der Waals surface area (Å²) in [5.74, 6) is 0.210. The first-order valence-electron chi connectivity index (χ1n) is 7.23. The summed E-state index contributed by atoms with van der Waals surface area (Å²) in [6.07, 6.45) is 2.70. The predicted molar refractivity (Wildman–Crippen MR) is 88.2 cm³/mol. The van der Waals surface area contributed by atoms with Crippen LogP contribution < -0.4 is 10.1 Å². The Balaban J connectivity index is 2.12. The third kappa shape index (κ3) is 2.99. The standard InChI is InChI=1S/C18H15FN2O3/c1-11(22)21-15-4-3-5-16(23-2)18(15)12-6-7-13(14(19)8-12)17-9-20-10-24-17/h3-10H,1-2H3,(H,21,22). The van der Waals surface area contributed by atoms with Crippen molar-refractivity contribution in [2.24, 2.45) is 0 Å². The molecule has 24 heavy (non-hydrogen) atoms. The number of amides is 1. The lowest BCUT2D eigenvalue weighted by molar-refractivity contribution is -0.114. The minimum absolute atomic E-state index is 0.219. The van der Waals surface area contributed by atoms with Crippen LogP contribution in [0.4, 0.5) is 10.1 Å². The van der Waals surface area contributed by atoms with Gasteiger partial charge in [0.2, 0.25) is 5.91 Å². The predicted octanol–water partition coefficient (Wildman–Crippen LogP) is 4.11. The van der Waals surface area contributed by atoms with Gasteiger partial charge in [0.1, 0.15) is 11.6 Å². The highest BCUT2D eigenvalue weighted by atomic mass is 19.1. The van der Waals surface area contributed by atoms with Crippen molar-refractivity contribution in [2.45, 2.75) is 6.92 Å². The van der Waals surface area contributed by atoms with Crippen molar-refractivity contribution < 1.29 is 18.3 Å². The highest BCUT2D eigenvalue weighted by Gasteiger charge is 2.16. The van der Waals surface area contributed by atoms with Gasteiger partial charge in [-0.1, -0.05) is 12.1 Å². The molecule has 0 bridgehead atoms. The van der Waals surface area contributed by atoms with Crippen molar-refractivity contribution in [3.05, 3.63) is 54.8 Å². The first-order valence-corrected chi connectivity index (χ1v) is 7.23. The van der Waals surface area contributed by atoms with E-state index >= 15 is 0 Å². The van der Waals surface area contributed by atoms with Crippen LogP contribution in [-0.4, -0.2) is 18.0 Å². The number of carbonyl (C=O) groups is 1. The molecule has 0 fully saturated rings. The molecule has 0 radical (unpaired) electrons. The Kier molecular flexibility index (Phi) is 4.29. The number of rotatable bonds is 4. The van der Waals surface area contributed by atoms with Gasteiger partial charge < -0.3 is 14.5 Å². The normalized spacial score (nSPS) is 10.5. The van der Waals surface area contributed by atoms with E-state index in [0.29, 0.717) is 33.9 Å². The summed E-state index contributed by atoms with van der Waals surface area (Å²) in [6.45, 7) is 1.41. The molecule has 0 aliphatic rings. The van der Waals surface area contributed by atoms with E-state index in [1.54, 1.807) is 30.3 Å². The van der Waals surface area contributed by atoms with E-state index in [1.807, 2.05) is 0 Å². The molecule has 1 aromatic heterocycles. The molecule has 1 N–H and O–H groups in total. The van der Waals surface area contributed by atoms with Crippen LogP contribution in [0.5, 0.6) is 5.75 Å².